The van der Waals surface area contributed by atoms with Gasteiger partial charge in [0.1, 0.15) is 11.3 Å². The zero-order valence-electron chi connectivity index (χ0n) is 16.6. The van der Waals surface area contributed by atoms with Crippen LogP contribution >= 0.6 is 0 Å². The Morgan fingerprint density at radius 1 is 1.14 bits per heavy atom. The number of halogens is 1. The number of fused-ring (bicyclic) bond motifs is 3. The van der Waals surface area contributed by atoms with Crippen LogP contribution in [0.5, 0.6) is 0 Å². The molecule has 0 aliphatic heterocycles. The van der Waals surface area contributed by atoms with E-state index in [0.717, 1.165) is 12.0 Å². The van der Waals surface area contributed by atoms with Gasteiger partial charge in [0, 0.05) is 19.9 Å². The lowest BCUT2D eigenvalue weighted by Crippen LogP contribution is -2.22. The number of benzene rings is 1. The van der Waals surface area contributed by atoms with Crippen molar-refractivity contribution in [2.24, 2.45) is 5.92 Å². The summed E-state index contributed by atoms with van der Waals surface area (Å²) in [5.74, 6) is 0.171. The average Bonchev–Trinajstić information content (AvgIpc) is 3.07. The Balaban J connectivity index is 1.92. The molecule has 0 amide bonds. The van der Waals surface area contributed by atoms with Crippen LogP contribution in [0.3, 0.4) is 0 Å². The third kappa shape index (κ3) is 3.51. The van der Waals surface area contributed by atoms with Gasteiger partial charge in [-0.2, -0.15) is 5.10 Å². The Hall–Kier alpha value is -3.13. The van der Waals surface area contributed by atoms with Crippen LogP contribution in [0.4, 0.5) is 4.39 Å². The van der Waals surface area contributed by atoms with Gasteiger partial charge in [0.15, 0.2) is 11.2 Å². The zero-order valence-corrected chi connectivity index (χ0v) is 16.6. The van der Waals surface area contributed by atoms with Crippen LogP contribution in [0.1, 0.15) is 26.0 Å². The van der Waals surface area contributed by atoms with E-state index in [1.54, 1.807) is 34.5 Å². The third-order valence-electron chi connectivity index (χ3n) is 4.89. The molecule has 0 bridgehead atoms. The predicted molar refractivity (Wildman–Crippen MR) is 108 cm³/mol. The largest absolute Gasteiger partial charge is 0.378 e. The van der Waals surface area contributed by atoms with Gasteiger partial charge in [-0.05, 0) is 36.1 Å². The zero-order chi connectivity index (χ0) is 20.5. The van der Waals surface area contributed by atoms with E-state index in [-0.39, 0.29) is 23.5 Å². The van der Waals surface area contributed by atoms with Crippen molar-refractivity contribution in [3.8, 4) is 11.1 Å². The van der Waals surface area contributed by atoms with Gasteiger partial charge in [-0.1, -0.05) is 26.0 Å². The Kier molecular flexibility index (Phi) is 5.10. The van der Waals surface area contributed by atoms with Crippen molar-refractivity contribution in [2.45, 2.75) is 33.4 Å². The van der Waals surface area contributed by atoms with Crippen molar-refractivity contribution in [2.75, 3.05) is 7.11 Å². The minimum absolute atomic E-state index is 0.190. The lowest BCUT2D eigenvalue weighted by molar-refractivity contribution is 0.181. The molecule has 0 aliphatic rings. The Bertz CT molecular complexity index is 1230. The molecular formula is C21H22FN5O2. The summed E-state index contributed by atoms with van der Waals surface area (Å²) in [5.41, 5.74) is 3.26. The highest BCUT2D eigenvalue weighted by Gasteiger charge is 2.19. The van der Waals surface area contributed by atoms with Crippen molar-refractivity contribution < 1.29 is 9.13 Å². The van der Waals surface area contributed by atoms with Gasteiger partial charge in [-0.15, -0.1) is 10.2 Å². The topological polar surface area (TPSA) is 74.3 Å². The maximum atomic E-state index is 13.4. The molecule has 29 heavy (non-hydrogen) atoms. The molecule has 7 nitrogen and oxygen atoms in total. The molecule has 0 atom stereocenters. The number of hydrogen-bond donors (Lipinski definition) is 0. The first-order chi connectivity index (χ1) is 14.0. The van der Waals surface area contributed by atoms with E-state index < -0.39 is 0 Å². The minimum Gasteiger partial charge on any atom is -0.378 e. The maximum absolute atomic E-state index is 13.4. The second-order valence-corrected chi connectivity index (χ2v) is 7.43. The van der Waals surface area contributed by atoms with Gasteiger partial charge in [0.25, 0.3) is 5.56 Å². The summed E-state index contributed by atoms with van der Waals surface area (Å²) in [6.07, 6.45) is 2.67. The summed E-state index contributed by atoms with van der Waals surface area (Å²) in [7, 11) is 1.58. The number of aryl methyl sites for hydroxylation is 1. The van der Waals surface area contributed by atoms with E-state index in [4.69, 9.17) is 4.74 Å². The maximum Gasteiger partial charge on any atom is 0.280 e. The molecule has 8 heteroatoms. The summed E-state index contributed by atoms with van der Waals surface area (Å²) in [6.45, 7) is 5.12. The van der Waals surface area contributed by atoms with Crippen LogP contribution in [-0.4, -0.2) is 31.5 Å². The number of nitrogens with zero attached hydrogens (tertiary/aromatic N) is 5. The first-order valence-electron chi connectivity index (χ1n) is 9.52. The summed E-state index contributed by atoms with van der Waals surface area (Å²) >= 11 is 0. The Morgan fingerprint density at radius 3 is 2.59 bits per heavy atom. The molecule has 3 heterocycles. The number of methoxy groups -OCH3 is 1. The van der Waals surface area contributed by atoms with Gasteiger partial charge < -0.3 is 9.30 Å². The van der Waals surface area contributed by atoms with Gasteiger partial charge >= 0.3 is 0 Å². The highest BCUT2D eigenvalue weighted by atomic mass is 19.1. The van der Waals surface area contributed by atoms with Crippen LogP contribution in [0.2, 0.25) is 0 Å². The van der Waals surface area contributed by atoms with E-state index in [9.17, 15) is 9.18 Å². The second kappa shape index (κ2) is 7.71. The normalized spacial score (nSPS) is 11.8. The molecule has 0 spiro atoms. The lowest BCUT2D eigenvalue weighted by atomic mass is 10.1. The van der Waals surface area contributed by atoms with E-state index in [2.05, 4.69) is 29.1 Å². The number of ether oxygens (including phenoxy) is 1. The third-order valence-corrected chi connectivity index (χ3v) is 4.89. The molecule has 0 saturated heterocycles. The van der Waals surface area contributed by atoms with Crippen LogP contribution in [0.15, 0.2) is 41.3 Å². The molecule has 0 radical (unpaired) electrons. The summed E-state index contributed by atoms with van der Waals surface area (Å²) < 4.78 is 21.9. The standard InChI is InChI=1S/C21H22FN5O2/c1-13(2)8-10-26-11-9-17-19(21(26)28)23-24-20-18(14-4-6-15(22)7-5-14)16(12-29-3)25-27(17)20/h4-7,9,11,13H,8,10,12H2,1-3H3. The van der Waals surface area contributed by atoms with Crippen LogP contribution in [0, 0.1) is 11.7 Å². The number of hydrogen-bond acceptors (Lipinski definition) is 5. The van der Waals surface area contributed by atoms with Gasteiger partial charge in [0.05, 0.1) is 17.9 Å². The van der Waals surface area contributed by atoms with Crippen molar-refractivity contribution >= 4 is 16.7 Å². The fraction of sp³-hybridized carbons (Fsp3) is 0.333. The molecule has 4 rings (SSSR count). The smallest absolute Gasteiger partial charge is 0.280 e. The number of rotatable bonds is 6. The van der Waals surface area contributed by atoms with Gasteiger partial charge in [-0.3, -0.25) is 4.79 Å². The highest BCUT2D eigenvalue weighted by molar-refractivity contribution is 5.84. The molecule has 3 aromatic heterocycles. The Labute approximate surface area is 166 Å². The molecule has 1 aromatic carbocycles. The van der Waals surface area contributed by atoms with Crippen molar-refractivity contribution in [3.63, 3.8) is 0 Å². The minimum atomic E-state index is -0.322. The van der Waals surface area contributed by atoms with E-state index >= 15 is 0 Å². The summed E-state index contributed by atoms with van der Waals surface area (Å²) in [6, 6.07) is 7.94. The summed E-state index contributed by atoms with van der Waals surface area (Å²) in [5, 5.41) is 13.1. The van der Waals surface area contributed by atoms with Gasteiger partial charge in [0.2, 0.25) is 0 Å². The molecule has 0 unspecified atom stereocenters. The van der Waals surface area contributed by atoms with E-state index in [1.807, 2.05) is 6.07 Å². The van der Waals surface area contributed by atoms with Gasteiger partial charge in [-0.25, -0.2) is 8.91 Å². The van der Waals surface area contributed by atoms with Crippen LogP contribution < -0.4 is 5.56 Å². The molecule has 150 valence electrons. The summed E-state index contributed by atoms with van der Waals surface area (Å²) in [4.78, 5) is 12.9. The predicted octanol–water partition coefficient (Wildman–Crippen LogP) is 3.44. The number of pyridine rings is 1. The lowest BCUT2D eigenvalue weighted by Gasteiger charge is -2.09. The average molecular weight is 395 g/mol. The monoisotopic (exact) mass is 395 g/mol. The van der Waals surface area contributed by atoms with Crippen molar-refractivity contribution in [1.29, 1.82) is 0 Å². The van der Waals surface area contributed by atoms with Crippen LogP contribution in [0.25, 0.3) is 27.8 Å². The fourth-order valence-electron chi connectivity index (χ4n) is 3.35. The molecule has 4 aromatic rings. The number of aromatic nitrogens is 5. The first kappa shape index (κ1) is 19.2. The fourth-order valence-corrected chi connectivity index (χ4v) is 3.35. The molecule has 0 N–H and O–H groups in total. The molecular weight excluding hydrogens is 373 g/mol. The quantitative estimate of drug-likeness (QED) is 0.500. The Morgan fingerprint density at radius 2 is 1.90 bits per heavy atom. The van der Waals surface area contributed by atoms with Crippen molar-refractivity contribution in [1.82, 2.24) is 24.4 Å². The molecule has 0 saturated carbocycles. The molecule has 0 fully saturated rings. The van der Waals surface area contributed by atoms with Crippen LogP contribution in [-0.2, 0) is 17.9 Å². The van der Waals surface area contributed by atoms with Crippen molar-refractivity contribution in [3.05, 3.63) is 58.4 Å². The highest BCUT2D eigenvalue weighted by Crippen LogP contribution is 2.29. The van der Waals surface area contributed by atoms with E-state index in [0.29, 0.717) is 34.9 Å². The second-order valence-electron chi connectivity index (χ2n) is 7.43. The van der Waals surface area contributed by atoms with E-state index in [1.165, 1.54) is 12.1 Å². The SMILES string of the molecule is COCc1nn2c(nnc3c(=O)n(CCC(C)C)ccc32)c1-c1ccc(F)cc1. The molecule has 0 aliphatic carbocycles. The first-order valence-corrected chi connectivity index (χ1v) is 9.52.